The van der Waals surface area contributed by atoms with E-state index in [4.69, 9.17) is 4.74 Å². The number of hydrogen-bond donors (Lipinski definition) is 0. The van der Waals surface area contributed by atoms with Crippen LogP contribution < -0.4 is 0 Å². The molecule has 0 fully saturated rings. The van der Waals surface area contributed by atoms with Gasteiger partial charge in [0.1, 0.15) is 6.61 Å². The van der Waals surface area contributed by atoms with E-state index < -0.39 is 8.07 Å². The molecule has 17 heavy (non-hydrogen) atoms. The predicted molar refractivity (Wildman–Crippen MR) is 73.5 cm³/mol. The van der Waals surface area contributed by atoms with Crippen molar-refractivity contribution in [2.45, 2.75) is 32.3 Å². The van der Waals surface area contributed by atoms with Crippen molar-refractivity contribution in [1.29, 1.82) is 0 Å². The zero-order valence-corrected chi connectivity index (χ0v) is 11.8. The standard InChI is InChI=1S/C14H20O2Si/c1-17(2,3)10-9-14(11-15)16-12-13-7-5-4-6-8-13/h4-9,11H,10,12H2,1-3H3/b14-9+. The predicted octanol–water partition coefficient (Wildman–Crippen LogP) is 3.62. The van der Waals surface area contributed by atoms with Crippen molar-refractivity contribution in [3.05, 3.63) is 47.7 Å². The van der Waals surface area contributed by atoms with Crippen molar-refractivity contribution in [3.8, 4) is 0 Å². The van der Waals surface area contributed by atoms with Gasteiger partial charge in [-0.05, 0) is 17.7 Å². The molecular formula is C14H20O2Si. The number of hydrogen-bond acceptors (Lipinski definition) is 2. The largest absolute Gasteiger partial charge is 0.486 e. The fraction of sp³-hybridized carbons (Fsp3) is 0.357. The highest BCUT2D eigenvalue weighted by Gasteiger charge is 2.11. The van der Waals surface area contributed by atoms with E-state index in [9.17, 15) is 4.79 Å². The van der Waals surface area contributed by atoms with Gasteiger partial charge < -0.3 is 4.74 Å². The number of allylic oxidation sites excluding steroid dienone is 2. The van der Waals surface area contributed by atoms with Gasteiger partial charge in [-0.25, -0.2) is 0 Å². The third-order valence-corrected chi connectivity index (χ3v) is 3.71. The van der Waals surface area contributed by atoms with Crippen LogP contribution in [0.3, 0.4) is 0 Å². The van der Waals surface area contributed by atoms with Crippen LogP contribution in [0, 0.1) is 0 Å². The Morgan fingerprint density at radius 3 is 2.41 bits per heavy atom. The van der Waals surface area contributed by atoms with Crippen LogP contribution in [-0.2, 0) is 16.1 Å². The average Bonchev–Trinajstić information content (AvgIpc) is 2.29. The summed E-state index contributed by atoms with van der Waals surface area (Å²) in [6, 6.07) is 10.8. The molecule has 0 aliphatic carbocycles. The minimum absolute atomic E-state index is 0.455. The smallest absolute Gasteiger partial charge is 0.184 e. The van der Waals surface area contributed by atoms with Gasteiger partial charge in [-0.15, -0.1) is 0 Å². The first-order valence-electron chi connectivity index (χ1n) is 5.83. The lowest BCUT2D eigenvalue weighted by atomic mass is 10.2. The van der Waals surface area contributed by atoms with Crippen LogP contribution >= 0.6 is 0 Å². The summed E-state index contributed by atoms with van der Waals surface area (Å²) in [6.07, 6.45) is 2.71. The highest BCUT2D eigenvalue weighted by molar-refractivity contribution is 6.76. The van der Waals surface area contributed by atoms with Crippen molar-refractivity contribution >= 4 is 14.4 Å². The summed E-state index contributed by atoms with van der Waals surface area (Å²) in [5.41, 5.74) is 1.08. The maximum absolute atomic E-state index is 10.9. The van der Waals surface area contributed by atoms with Gasteiger partial charge in [0.25, 0.3) is 0 Å². The van der Waals surface area contributed by atoms with Crippen LogP contribution in [0.15, 0.2) is 42.2 Å². The first-order chi connectivity index (χ1) is 8.01. The Hall–Kier alpha value is -1.35. The van der Waals surface area contributed by atoms with Crippen LogP contribution in [0.25, 0.3) is 0 Å². The molecule has 0 bridgehead atoms. The summed E-state index contributed by atoms with van der Waals surface area (Å²) in [5, 5.41) is 0. The quantitative estimate of drug-likeness (QED) is 0.332. The van der Waals surface area contributed by atoms with Crippen molar-refractivity contribution in [1.82, 2.24) is 0 Å². The van der Waals surface area contributed by atoms with Crippen molar-refractivity contribution in [2.24, 2.45) is 0 Å². The minimum Gasteiger partial charge on any atom is -0.486 e. The molecule has 1 rings (SSSR count). The molecule has 0 amide bonds. The third-order valence-electron chi connectivity index (χ3n) is 2.28. The molecule has 3 heteroatoms. The fourth-order valence-electron chi connectivity index (χ4n) is 1.29. The van der Waals surface area contributed by atoms with E-state index in [1.54, 1.807) is 0 Å². The van der Waals surface area contributed by atoms with Crippen LogP contribution in [0.4, 0.5) is 0 Å². The molecule has 0 heterocycles. The molecule has 0 aliphatic heterocycles. The number of ether oxygens (including phenoxy) is 1. The molecule has 0 radical (unpaired) electrons. The zero-order chi connectivity index (χ0) is 12.7. The van der Waals surface area contributed by atoms with Gasteiger partial charge in [-0.1, -0.05) is 50.0 Å². The van der Waals surface area contributed by atoms with Crippen molar-refractivity contribution in [2.75, 3.05) is 0 Å². The van der Waals surface area contributed by atoms with Gasteiger partial charge >= 0.3 is 0 Å². The van der Waals surface area contributed by atoms with Gasteiger partial charge in [-0.3, -0.25) is 4.79 Å². The topological polar surface area (TPSA) is 26.3 Å². The maximum atomic E-state index is 10.9. The number of carbonyl (C=O) groups is 1. The molecule has 0 spiro atoms. The second kappa shape index (κ2) is 6.40. The van der Waals surface area contributed by atoms with Gasteiger partial charge in [0.2, 0.25) is 0 Å². The van der Waals surface area contributed by atoms with Crippen molar-refractivity contribution < 1.29 is 9.53 Å². The molecule has 0 unspecified atom stereocenters. The molecule has 2 nitrogen and oxygen atoms in total. The molecule has 0 saturated carbocycles. The highest BCUT2D eigenvalue weighted by Crippen LogP contribution is 2.12. The minimum atomic E-state index is -1.16. The molecule has 1 aromatic rings. The molecule has 0 aromatic heterocycles. The number of benzene rings is 1. The molecular weight excluding hydrogens is 228 g/mol. The molecule has 0 aliphatic rings. The van der Waals surface area contributed by atoms with Crippen LogP contribution in [-0.4, -0.2) is 14.4 Å². The van der Waals surface area contributed by atoms with E-state index in [1.165, 1.54) is 0 Å². The first kappa shape index (κ1) is 13.7. The van der Waals surface area contributed by atoms with Crippen LogP contribution in [0.2, 0.25) is 25.7 Å². The number of carbonyl (C=O) groups excluding carboxylic acids is 1. The molecule has 0 saturated heterocycles. The summed E-state index contributed by atoms with van der Waals surface area (Å²) >= 11 is 0. The van der Waals surface area contributed by atoms with Gasteiger partial charge in [0, 0.05) is 8.07 Å². The summed E-state index contributed by atoms with van der Waals surface area (Å²) in [5.74, 6) is 0.455. The summed E-state index contributed by atoms with van der Waals surface area (Å²) in [6.45, 7) is 7.26. The maximum Gasteiger partial charge on any atom is 0.184 e. The Bertz CT molecular complexity index is 377. The zero-order valence-electron chi connectivity index (χ0n) is 10.8. The van der Waals surface area contributed by atoms with E-state index in [0.29, 0.717) is 12.4 Å². The van der Waals surface area contributed by atoms with Crippen molar-refractivity contribution in [3.63, 3.8) is 0 Å². The Morgan fingerprint density at radius 1 is 1.24 bits per heavy atom. The number of aldehydes is 1. The van der Waals surface area contributed by atoms with Gasteiger partial charge in [0.05, 0.1) is 0 Å². The van der Waals surface area contributed by atoms with Crippen LogP contribution in [0.5, 0.6) is 0 Å². The molecule has 0 atom stereocenters. The molecule has 0 N–H and O–H groups in total. The lowest BCUT2D eigenvalue weighted by Gasteiger charge is -2.13. The second-order valence-electron chi connectivity index (χ2n) is 5.26. The Morgan fingerprint density at radius 2 is 1.88 bits per heavy atom. The normalized spacial score (nSPS) is 12.3. The lowest BCUT2D eigenvalue weighted by molar-refractivity contribution is -0.108. The third kappa shape index (κ3) is 6.07. The monoisotopic (exact) mass is 248 g/mol. The SMILES string of the molecule is C[Si](C)(C)C/C=C(\C=O)OCc1ccccc1. The summed E-state index contributed by atoms with van der Waals surface area (Å²) in [4.78, 5) is 10.9. The Kier molecular flexibility index (Phi) is 5.16. The Labute approximate surface area is 104 Å². The van der Waals surface area contributed by atoms with Gasteiger partial charge in [0.15, 0.2) is 12.0 Å². The van der Waals surface area contributed by atoms with Gasteiger partial charge in [-0.2, -0.15) is 0 Å². The van der Waals surface area contributed by atoms with E-state index in [2.05, 4.69) is 19.6 Å². The van der Waals surface area contributed by atoms with E-state index in [1.807, 2.05) is 36.4 Å². The molecule has 1 aromatic carbocycles. The Balaban J connectivity index is 2.51. The van der Waals surface area contributed by atoms with Crippen LogP contribution in [0.1, 0.15) is 5.56 Å². The van der Waals surface area contributed by atoms with E-state index in [-0.39, 0.29) is 0 Å². The number of rotatable bonds is 6. The fourth-order valence-corrected chi connectivity index (χ4v) is 2.10. The van der Waals surface area contributed by atoms with E-state index in [0.717, 1.165) is 17.9 Å². The summed E-state index contributed by atoms with van der Waals surface area (Å²) in [7, 11) is -1.16. The lowest BCUT2D eigenvalue weighted by Crippen LogP contribution is -2.17. The molecule has 92 valence electrons. The second-order valence-corrected chi connectivity index (χ2v) is 10.8. The first-order valence-corrected chi connectivity index (χ1v) is 9.54. The van der Waals surface area contributed by atoms with E-state index >= 15 is 0 Å². The average molecular weight is 248 g/mol. The summed E-state index contributed by atoms with van der Waals surface area (Å²) < 4.78 is 5.49. The highest BCUT2D eigenvalue weighted by atomic mass is 28.3.